The fourth-order valence-electron chi connectivity index (χ4n) is 5.48. The summed E-state index contributed by atoms with van der Waals surface area (Å²) in [6.07, 6.45) is 0.307. The Kier molecular flexibility index (Phi) is 11.1. The Morgan fingerprint density at radius 3 is 2.34 bits per heavy atom. The number of ether oxygens (including phenoxy) is 2. The van der Waals surface area contributed by atoms with Crippen LogP contribution in [0.1, 0.15) is 61.0 Å². The van der Waals surface area contributed by atoms with Gasteiger partial charge in [0, 0.05) is 64.0 Å². The molecule has 0 bridgehead atoms. The van der Waals surface area contributed by atoms with Gasteiger partial charge in [0.25, 0.3) is 12.3 Å². The van der Waals surface area contributed by atoms with E-state index in [1.165, 1.54) is 18.2 Å². The van der Waals surface area contributed by atoms with Gasteiger partial charge in [-0.05, 0) is 62.3 Å². The minimum absolute atomic E-state index is 0.0306. The summed E-state index contributed by atoms with van der Waals surface area (Å²) >= 11 is 0. The third-order valence-electron chi connectivity index (χ3n) is 7.98. The monoisotopic (exact) mass is 571 g/mol. The number of methoxy groups -OCH3 is 1. The molecule has 4 rings (SSSR count). The van der Waals surface area contributed by atoms with Gasteiger partial charge < -0.3 is 24.6 Å². The molecule has 2 aliphatic rings. The van der Waals surface area contributed by atoms with Gasteiger partial charge in [0.15, 0.2) is 0 Å². The zero-order valence-corrected chi connectivity index (χ0v) is 24.4. The molecule has 2 amide bonds. The summed E-state index contributed by atoms with van der Waals surface area (Å²) in [7, 11) is 1.57. The average Bonchev–Trinajstić information content (AvgIpc) is 3.70. The van der Waals surface area contributed by atoms with Crippen molar-refractivity contribution in [1.29, 1.82) is 0 Å². The van der Waals surface area contributed by atoms with Gasteiger partial charge in [-0.25, -0.2) is 8.78 Å². The Morgan fingerprint density at radius 2 is 1.71 bits per heavy atom. The van der Waals surface area contributed by atoms with Crippen molar-refractivity contribution >= 4 is 11.8 Å². The maximum absolute atomic E-state index is 13.7. The number of carbonyl (C=O) groups is 2. The third kappa shape index (κ3) is 8.49. The number of benzene rings is 2. The minimum atomic E-state index is -2.71. The molecule has 41 heavy (non-hydrogen) atoms. The fourth-order valence-corrected chi connectivity index (χ4v) is 5.48. The highest BCUT2D eigenvalue weighted by Crippen LogP contribution is 2.33. The topological polar surface area (TPSA) is 71.1 Å². The van der Waals surface area contributed by atoms with Gasteiger partial charge in [-0.3, -0.25) is 9.59 Å². The molecule has 2 aromatic rings. The summed E-state index contributed by atoms with van der Waals surface area (Å²) < 4.78 is 37.9. The van der Waals surface area contributed by atoms with E-state index >= 15 is 0 Å². The molecule has 2 atom stereocenters. The van der Waals surface area contributed by atoms with Gasteiger partial charge in [0.05, 0.1) is 18.6 Å². The molecule has 1 N–H and O–H groups in total. The molecule has 1 heterocycles. The molecule has 1 saturated heterocycles. The van der Waals surface area contributed by atoms with Crippen LogP contribution in [0.3, 0.4) is 0 Å². The molecule has 224 valence electrons. The van der Waals surface area contributed by atoms with Crippen molar-refractivity contribution in [2.24, 2.45) is 11.8 Å². The lowest BCUT2D eigenvalue weighted by Gasteiger charge is -2.34. The Hall–Kier alpha value is -3.04. The minimum Gasteiger partial charge on any atom is -0.493 e. The maximum atomic E-state index is 13.7. The number of nitrogens with one attached hydrogen (secondary N) is 1. The average molecular weight is 572 g/mol. The van der Waals surface area contributed by atoms with Crippen molar-refractivity contribution in [3.05, 3.63) is 65.2 Å². The number of amides is 2. The Bertz CT molecular complexity index is 1140. The first-order valence-electron chi connectivity index (χ1n) is 14.7. The van der Waals surface area contributed by atoms with E-state index in [0.717, 1.165) is 31.5 Å². The normalized spacial score (nSPS) is 18.6. The Balaban J connectivity index is 1.45. The molecule has 1 aliphatic heterocycles. The molecule has 1 aliphatic carbocycles. The SMILES string of the molecule is COCCCOc1cc(C(=O)N(C[C@@H]2CNC[C@H]2CN(C(=O)Cc2ccccc2)C2CC2)C(C)C)ccc1C(F)F. The summed E-state index contributed by atoms with van der Waals surface area (Å²) in [5, 5.41) is 3.47. The van der Waals surface area contributed by atoms with Crippen LogP contribution in [0.2, 0.25) is 0 Å². The van der Waals surface area contributed by atoms with Crippen LogP contribution in [-0.2, 0) is 16.0 Å². The lowest BCUT2D eigenvalue weighted by Crippen LogP contribution is -2.45. The van der Waals surface area contributed by atoms with Gasteiger partial charge in [-0.2, -0.15) is 0 Å². The predicted molar refractivity (Wildman–Crippen MR) is 154 cm³/mol. The highest BCUT2D eigenvalue weighted by atomic mass is 19.3. The van der Waals surface area contributed by atoms with E-state index in [1.807, 2.05) is 49.1 Å². The van der Waals surface area contributed by atoms with Gasteiger partial charge in [-0.1, -0.05) is 30.3 Å². The zero-order chi connectivity index (χ0) is 29.4. The van der Waals surface area contributed by atoms with E-state index < -0.39 is 6.43 Å². The molecule has 1 saturated carbocycles. The van der Waals surface area contributed by atoms with Crippen LogP contribution in [0, 0.1) is 11.8 Å². The largest absolute Gasteiger partial charge is 0.493 e. The van der Waals surface area contributed by atoms with E-state index in [0.29, 0.717) is 44.1 Å². The summed E-state index contributed by atoms with van der Waals surface area (Å²) in [5.74, 6) is 0.344. The predicted octanol–water partition coefficient (Wildman–Crippen LogP) is 4.96. The van der Waals surface area contributed by atoms with Gasteiger partial charge in [0.2, 0.25) is 5.91 Å². The Morgan fingerprint density at radius 1 is 1.00 bits per heavy atom. The van der Waals surface area contributed by atoms with Crippen LogP contribution in [0.5, 0.6) is 5.75 Å². The van der Waals surface area contributed by atoms with Crippen LogP contribution in [0.15, 0.2) is 48.5 Å². The van der Waals surface area contributed by atoms with Gasteiger partial charge in [0.1, 0.15) is 5.75 Å². The van der Waals surface area contributed by atoms with Crippen molar-refractivity contribution in [3.63, 3.8) is 0 Å². The number of hydrogen-bond acceptors (Lipinski definition) is 5. The van der Waals surface area contributed by atoms with Crippen molar-refractivity contribution in [3.8, 4) is 5.75 Å². The zero-order valence-electron chi connectivity index (χ0n) is 24.4. The van der Waals surface area contributed by atoms with E-state index in [9.17, 15) is 18.4 Å². The van der Waals surface area contributed by atoms with Crippen LogP contribution in [0.25, 0.3) is 0 Å². The number of carbonyl (C=O) groups excluding carboxylic acids is 2. The quantitative estimate of drug-likeness (QED) is 0.306. The van der Waals surface area contributed by atoms with Crippen molar-refractivity contribution in [2.45, 2.75) is 58.0 Å². The number of rotatable bonds is 15. The second-order valence-corrected chi connectivity index (χ2v) is 11.4. The highest BCUT2D eigenvalue weighted by Gasteiger charge is 2.38. The van der Waals surface area contributed by atoms with Crippen LogP contribution in [-0.4, -0.2) is 80.2 Å². The van der Waals surface area contributed by atoms with Crippen molar-refractivity contribution in [1.82, 2.24) is 15.1 Å². The maximum Gasteiger partial charge on any atom is 0.267 e. The lowest BCUT2D eigenvalue weighted by molar-refractivity contribution is -0.131. The molecular formula is C32H43F2N3O4. The number of alkyl halides is 2. The van der Waals surface area contributed by atoms with Crippen molar-refractivity contribution in [2.75, 3.05) is 46.5 Å². The summed E-state index contributed by atoms with van der Waals surface area (Å²) in [5.41, 5.74) is 1.11. The van der Waals surface area contributed by atoms with Crippen molar-refractivity contribution < 1.29 is 27.8 Å². The molecule has 0 aromatic heterocycles. The molecule has 2 aromatic carbocycles. The molecule has 7 nitrogen and oxygen atoms in total. The second-order valence-electron chi connectivity index (χ2n) is 11.4. The summed E-state index contributed by atoms with van der Waals surface area (Å²) in [4.78, 5) is 30.9. The number of halogens is 2. The van der Waals surface area contributed by atoms with E-state index in [4.69, 9.17) is 9.47 Å². The van der Waals surface area contributed by atoms with E-state index in [2.05, 4.69) is 10.2 Å². The standard InChI is InChI=1S/C32H43F2N3O4/c1-22(2)36(32(39)24-10-13-28(31(33)34)29(17-24)41-15-7-14-40-3)20-25-18-35-19-26(25)21-37(27-11-12-27)30(38)16-23-8-5-4-6-9-23/h4-6,8-10,13,17,22,25-27,31,35H,7,11-12,14-16,18-21H2,1-3H3/t25-,26-/m0/s1. The first-order chi connectivity index (χ1) is 19.8. The van der Waals surface area contributed by atoms with Gasteiger partial charge in [-0.15, -0.1) is 0 Å². The number of hydrogen-bond donors (Lipinski definition) is 1. The lowest BCUT2D eigenvalue weighted by atomic mass is 9.93. The first-order valence-corrected chi connectivity index (χ1v) is 14.7. The first kappa shape index (κ1) is 30.9. The van der Waals surface area contributed by atoms with Crippen LogP contribution in [0.4, 0.5) is 8.78 Å². The summed E-state index contributed by atoms with van der Waals surface area (Å²) in [6.45, 7) is 7.32. The number of nitrogens with zero attached hydrogens (tertiary/aromatic N) is 2. The highest BCUT2D eigenvalue weighted by molar-refractivity contribution is 5.95. The third-order valence-corrected chi connectivity index (χ3v) is 7.98. The van der Waals surface area contributed by atoms with E-state index in [1.54, 1.807) is 7.11 Å². The Labute approximate surface area is 242 Å². The molecule has 0 spiro atoms. The smallest absolute Gasteiger partial charge is 0.267 e. The van der Waals surface area contributed by atoms with Gasteiger partial charge >= 0.3 is 0 Å². The molecule has 0 unspecified atom stereocenters. The molecular weight excluding hydrogens is 528 g/mol. The molecule has 9 heteroatoms. The van der Waals surface area contributed by atoms with E-state index in [-0.39, 0.29) is 47.6 Å². The fraction of sp³-hybridized carbons (Fsp3) is 0.562. The molecule has 2 fully saturated rings. The summed E-state index contributed by atoms with van der Waals surface area (Å²) in [6, 6.07) is 14.2. The van der Waals surface area contributed by atoms with Crippen LogP contribution >= 0.6 is 0 Å². The second kappa shape index (κ2) is 14.7. The van der Waals surface area contributed by atoms with Crippen LogP contribution < -0.4 is 10.1 Å². The molecule has 0 radical (unpaired) electrons.